The summed E-state index contributed by atoms with van der Waals surface area (Å²) in [4.78, 5) is 32.2. The van der Waals surface area contributed by atoms with Crippen LogP contribution in [0.1, 0.15) is 24.1 Å². The minimum absolute atomic E-state index is 0.0769. The number of carbonyl (C=O) groups excluding carboxylic acids is 2. The van der Waals surface area contributed by atoms with Crippen LogP contribution in [0.5, 0.6) is 5.75 Å². The minimum atomic E-state index is -0.954. The van der Waals surface area contributed by atoms with Crippen LogP contribution in [-0.4, -0.2) is 28.4 Å². The van der Waals surface area contributed by atoms with Gasteiger partial charge in [0.2, 0.25) is 0 Å². The van der Waals surface area contributed by atoms with E-state index in [2.05, 4.69) is 4.98 Å². The molecule has 0 unspecified atom stereocenters. The summed E-state index contributed by atoms with van der Waals surface area (Å²) in [5, 5.41) is 11.9. The number of ketones is 1. The summed E-state index contributed by atoms with van der Waals surface area (Å²) in [6.07, 6.45) is 0. The largest absolute Gasteiger partial charge is 0.507 e. The lowest BCUT2D eigenvalue weighted by Crippen LogP contribution is -2.29. The van der Waals surface area contributed by atoms with Crippen molar-refractivity contribution in [1.82, 2.24) is 4.98 Å². The Hall–Kier alpha value is -3.75. The second-order valence-electron chi connectivity index (χ2n) is 7.79. The van der Waals surface area contributed by atoms with Crippen LogP contribution in [0.4, 0.5) is 9.52 Å². The van der Waals surface area contributed by atoms with Crippen molar-refractivity contribution in [1.29, 1.82) is 0 Å². The van der Waals surface area contributed by atoms with Gasteiger partial charge in [0.05, 0.1) is 28.4 Å². The molecule has 0 aliphatic carbocycles. The Kier molecular flexibility index (Phi) is 6.00. The Labute approximate surface area is 208 Å². The van der Waals surface area contributed by atoms with Crippen LogP contribution in [0.2, 0.25) is 5.02 Å². The van der Waals surface area contributed by atoms with Crippen molar-refractivity contribution in [2.45, 2.75) is 13.0 Å². The highest BCUT2D eigenvalue weighted by atomic mass is 35.5. The van der Waals surface area contributed by atoms with E-state index in [0.29, 0.717) is 38.7 Å². The molecule has 176 valence electrons. The lowest BCUT2D eigenvalue weighted by Gasteiger charge is -2.23. The van der Waals surface area contributed by atoms with E-state index < -0.39 is 23.5 Å². The van der Waals surface area contributed by atoms with Gasteiger partial charge in [-0.3, -0.25) is 14.5 Å². The quantitative estimate of drug-likeness (QED) is 0.200. The number of benzene rings is 3. The van der Waals surface area contributed by atoms with Gasteiger partial charge in [-0.1, -0.05) is 35.1 Å². The number of rotatable bonds is 5. The molecule has 0 saturated carbocycles. The standard InChI is InChI=1S/C26H18ClFN2O4S/c1-2-34-18-10-5-15(6-11-18)23(31)21-22(14-3-7-16(27)8-4-14)30(25(33)24(21)32)26-29-19-12-9-17(28)13-20(19)35-26/h3-13,22,31H,2H2,1H3/t22-/m0/s1. The number of amides is 1. The first kappa shape index (κ1) is 23.0. The molecule has 35 heavy (non-hydrogen) atoms. The van der Waals surface area contributed by atoms with E-state index in [1.165, 1.54) is 23.1 Å². The lowest BCUT2D eigenvalue weighted by atomic mass is 9.95. The Balaban J connectivity index is 1.68. The van der Waals surface area contributed by atoms with Crippen molar-refractivity contribution in [2.24, 2.45) is 0 Å². The Morgan fingerprint density at radius 2 is 1.83 bits per heavy atom. The van der Waals surface area contributed by atoms with Gasteiger partial charge < -0.3 is 9.84 Å². The highest BCUT2D eigenvalue weighted by molar-refractivity contribution is 7.22. The van der Waals surface area contributed by atoms with Gasteiger partial charge in [-0.2, -0.15) is 0 Å². The van der Waals surface area contributed by atoms with Crippen molar-refractivity contribution in [3.05, 3.63) is 94.3 Å². The lowest BCUT2D eigenvalue weighted by molar-refractivity contribution is -0.132. The van der Waals surface area contributed by atoms with Crippen molar-refractivity contribution in [2.75, 3.05) is 11.5 Å². The summed E-state index contributed by atoms with van der Waals surface area (Å²) in [6.45, 7) is 2.34. The summed E-state index contributed by atoms with van der Waals surface area (Å²) in [5.41, 5.74) is 1.34. The molecular formula is C26H18ClFN2O4S. The number of fused-ring (bicyclic) bond motifs is 1. The molecule has 4 aromatic rings. The zero-order valence-electron chi connectivity index (χ0n) is 18.4. The van der Waals surface area contributed by atoms with Crippen molar-refractivity contribution < 1.29 is 23.8 Å². The molecule has 1 atom stereocenters. The molecule has 1 saturated heterocycles. The van der Waals surface area contributed by atoms with Crippen LogP contribution < -0.4 is 9.64 Å². The first-order chi connectivity index (χ1) is 16.9. The SMILES string of the molecule is CCOc1ccc(C(O)=C2C(=O)C(=O)N(c3nc4ccc(F)cc4s3)[C@H]2c2ccc(Cl)cc2)cc1. The molecule has 6 nitrogen and oxygen atoms in total. The molecule has 5 rings (SSSR count). The summed E-state index contributed by atoms with van der Waals surface area (Å²) >= 11 is 7.15. The maximum Gasteiger partial charge on any atom is 0.301 e. The number of nitrogens with zero attached hydrogens (tertiary/aromatic N) is 2. The number of aromatic nitrogens is 1. The molecule has 3 aromatic carbocycles. The zero-order chi connectivity index (χ0) is 24.7. The summed E-state index contributed by atoms with van der Waals surface area (Å²) in [5.74, 6) is -1.82. The first-order valence-corrected chi connectivity index (χ1v) is 11.9. The third-order valence-electron chi connectivity index (χ3n) is 5.61. The molecule has 0 bridgehead atoms. The maximum absolute atomic E-state index is 13.8. The molecular weight excluding hydrogens is 491 g/mol. The number of anilines is 1. The predicted molar refractivity (Wildman–Crippen MR) is 133 cm³/mol. The van der Waals surface area contributed by atoms with E-state index >= 15 is 0 Å². The second-order valence-corrected chi connectivity index (χ2v) is 9.23. The smallest absolute Gasteiger partial charge is 0.301 e. The van der Waals surface area contributed by atoms with E-state index in [9.17, 15) is 19.1 Å². The number of aliphatic hydroxyl groups is 1. The van der Waals surface area contributed by atoms with E-state index in [4.69, 9.17) is 16.3 Å². The Bertz CT molecular complexity index is 1480. The van der Waals surface area contributed by atoms with E-state index in [1.54, 1.807) is 48.5 Å². The van der Waals surface area contributed by atoms with Crippen LogP contribution in [0, 0.1) is 5.82 Å². The fraction of sp³-hybridized carbons (Fsp3) is 0.115. The normalized spacial score (nSPS) is 17.3. The molecule has 9 heteroatoms. The topological polar surface area (TPSA) is 79.7 Å². The molecule has 0 radical (unpaired) electrons. The summed E-state index contributed by atoms with van der Waals surface area (Å²) < 4.78 is 19.7. The number of hydrogen-bond acceptors (Lipinski definition) is 6. The second kappa shape index (κ2) is 9.13. The van der Waals surface area contributed by atoms with Gasteiger partial charge in [0.15, 0.2) is 5.13 Å². The molecule has 1 amide bonds. The van der Waals surface area contributed by atoms with E-state index in [0.717, 1.165) is 11.3 Å². The van der Waals surface area contributed by atoms with Gasteiger partial charge in [-0.15, -0.1) is 0 Å². The number of carbonyl (C=O) groups is 2. The Morgan fingerprint density at radius 1 is 1.11 bits per heavy atom. The molecule has 2 heterocycles. The number of ether oxygens (including phenoxy) is 1. The first-order valence-electron chi connectivity index (χ1n) is 10.7. The third-order valence-corrected chi connectivity index (χ3v) is 6.88. The summed E-state index contributed by atoms with van der Waals surface area (Å²) in [7, 11) is 0. The van der Waals surface area contributed by atoms with Gasteiger partial charge in [-0.05, 0) is 67.1 Å². The molecule has 1 aromatic heterocycles. The number of halogens is 2. The highest BCUT2D eigenvalue weighted by Gasteiger charge is 2.48. The van der Waals surface area contributed by atoms with E-state index in [-0.39, 0.29) is 16.5 Å². The fourth-order valence-corrected chi connectivity index (χ4v) is 5.15. The molecule has 1 fully saturated rings. The fourth-order valence-electron chi connectivity index (χ4n) is 4.01. The third kappa shape index (κ3) is 4.15. The van der Waals surface area contributed by atoms with Gasteiger partial charge in [0.1, 0.15) is 17.3 Å². The number of thiazole rings is 1. The molecule has 1 N–H and O–H groups in total. The van der Waals surface area contributed by atoms with Crippen molar-refractivity contribution >= 4 is 55.7 Å². The number of aliphatic hydroxyl groups excluding tert-OH is 1. The van der Waals surface area contributed by atoms with Crippen LogP contribution in [0.25, 0.3) is 16.0 Å². The number of hydrogen-bond donors (Lipinski definition) is 1. The van der Waals surface area contributed by atoms with Crippen LogP contribution in [0.15, 0.2) is 72.3 Å². The maximum atomic E-state index is 13.8. The van der Waals surface area contributed by atoms with Crippen LogP contribution in [0.3, 0.4) is 0 Å². The van der Waals surface area contributed by atoms with Gasteiger partial charge in [-0.25, -0.2) is 9.37 Å². The highest BCUT2D eigenvalue weighted by Crippen LogP contribution is 2.44. The average molecular weight is 509 g/mol. The zero-order valence-corrected chi connectivity index (χ0v) is 19.9. The summed E-state index contributed by atoms with van der Waals surface area (Å²) in [6, 6.07) is 16.4. The van der Waals surface area contributed by atoms with Crippen LogP contribution in [-0.2, 0) is 9.59 Å². The average Bonchev–Trinajstić information content (AvgIpc) is 3.37. The van der Waals surface area contributed by atoms with Crippen LogP contribution >= 0.6 is 22.9 Å². The van der Waals surface area contributed by atoms with Gasteiger partial charge >= 0.3 is 5.91 Å². The minimum Gasteiger partial charge on any atom is -0.507 e. The Morgan fingerprint density at radius 3 is 2.51 bits per heavy atom. The van der Waals surface area contributed by atoms with Gasteiger partial charge in [0, 0.05) is 10.6 Å². The van der Waals surface area contributed by atoms with Crippen molar-refractivity contribution in [3.63, 3.8) is 0 Å². The van der Waals surface area contributed by atoms with Gasteiger partial charge in [0.25, 0.3) is 5.78 Å². The van der Waals surface area contributed by atoms with Crippen molar-refractivity contribution in [3.8, 4) is 5.75 Å². The molecule has 0 spiro atoms. The predicted octanol–water partition coefficient (Wildman–Crippen LogP) is 6.11. The molecule has 1 aliphatic rings. The monoisotopic (exact) mass is 508 g/mol. The van der Waals surface area contributed by atoms with E-state index in [1.807, 2.05) is 6.92 Å². The number of Topliss-reactive ketones (excluding diaryl/α,β-unsaturated/α-hetero) is 1. The molecule has 1 aliphatic heterocycles.